The van der Waals surface area contributed by atoms with E-state index in [4.69, 9.17) is 4.74 Å². The zero-order chi connectivity index (χ0) is 8.93. The second-order valence-electron chi connectivity index (χ2n) is 4.15. The van der Waals surface area contributed by atoms with Crippen molar-refractivity contribution >= 4 is 0 Å². The summed E-state index contributed by atoms with van der Waals surface area (Å²) in [5.41, 5.74) is 0. The molecular formula is C11H20NO. The van der Waals surface area contributed by atoms with Crippen LogP contribution in [0.2, 0.25) is 0 Å². The van der Waals surface area contributed by atoms with Gasteiger partial charge in [0.2, 0.25) is 0 Å². The Kier molecular flexibility index (Phi) is 3.62. The van der Waals surface area contributed by atoms with Crippen molar-refractivity contribution in [2.45, 2.75) is 50.7 Å². The largest absolute Gasteiger partial charge is 0.375 e. The topological polar surface area (TPSA) is 21.3 Å². The first-order valence-electron chi connectivity index (χ1n) is 5.63. The van der Waals surface area contributed by atoms with Crippen molar-refractivity contribution in [2.75, 3.05) is 13.1 Å². The predicted molar refractivity (Wildman–Crippen MR) is 53.5 cm³/mol. The fourth-order valence-corrected chi connectivity index (χ4v) is 2.24. The molecule has 1 aliphatic heterocycles. The molecule has 2 fully saturated rings. The van der Waals surface area contributed by atoms with Crippen LogP contribution in [-0.4, -0.2) is 25.3 Å². The SMILES string of the molecule is [CH]1CCC(OC2CCNCC2)CC1. The van der Waals surface area contributed by atoms with Gasteiger partial charge in [0.05, 0.1) is 12.2 Å². The minimum Gasteiger partial charge on any atom is -0.375 e. The maximum Gasteiger partial charge on any atom is 0.0603 e. The van der Waals surface area contributed by atoms with Crippen molar-refractivity contribution < 1.29 is 4.74 Å². The number of rotatable bonds is 2. The number of piperidine rings is 1. The van der Waals surface area contributed by atoms with Gasteiger partial charge >= 0.3 is 0 Å². The standard InChI is InChI=1S/C11H20NO/c1-2-4-10(5-3-1)13-11-6-8-12-9-7-11/h1,10-12H,2-9H2. The Morgan fingerprint density at radius 2 is 1.54 bits per heavy atom. The number of ether oxygens (including phenoxy) is 1. The van der Waals surface area contributed by atoms with E-state index >= 15 is 0 Å². The summed E-state index contributed by atoms with van der Waals surface area (Å²) >= 11 is 0. The fraction of sp³-hybridized carbons (Fsp3) is 0.909. The maximum atomic E-state index is 6.07. The molecule has 1 N–H and O–H groups in total. The van der Waals surface area contributed by atoms with Crippen molar-refractivity contribution in [1.29, 1.82) is 0 Å². The van der Waals surface area contributed by atoms with Crippen molar-refractivity contribution in [1.82, 2.24) is 5.32 Å². The van der Waals surface area contributed by atoms with Gasteiger partial charge in [-0.25, -0.2) is 0 Å². The van der Waals surface area contributed by atoms with E-state index in [1.54, 1.807) is 0 Å². The van der Waals surface area contributed by atoms with Gasteiger partial charge in [-0.1, -0.05) is 0 Å². The summed E-state index contributed by atoms with van der Waals surface area (Å²) in [4.78, 5) is 0. The lowest BCUT2D eigenvalue weighted by Gasteiger charge is -2.30. The lowest BCUT2D eigenvalue weighted by Crippen LogP contribution is -2.35. The number of hydrogen-bond acceptors (Lipinski definition) is 2. The Morgan fingerprint density at radius 3 is 2.23 bits per heavy atom. The van der Waals surface area contributed by atoms with Crippen molar-refractivity contribution in [3.8, 4) is 0 Å². The van der Waals surface area contributed by atoms with Crippen LogP contribution in [0.15, 0.2) is 0 Å². The first-order valence-corrected chi connectivity index (χ1v) is 5.63. The van der Waals surface area contributed by atoms with E-state index in [-0.39, 0.29) is 0 Å². The van der Waals surface area contributed by atoms with E-state index in [0.717, 1.165) is 13.1 Å². The molecule has 0 aromatic heterocycles. The quantitative estimate of drug-likeness (QED) is 0.704. The molecule has 0 bridgehead atoms. The van der Waals surface area contributed by atoms with E-state index in [1.807, 2.05) is 0 Å². The summed E-state index contributed by atoms with van der Waals surface area (Å²) in [5, 5.41) is 3.37. The summed E-state index contributed by atoms with van der Waals surface area (Å²) < 4.78 is 6.07. The highest BCUT2D eigenvalue weighted by Crippen LogP contribution is 2.22. The van der Waals surface area contributed by atoms with Crippen LogP contribution in [0.4, 0.5) is 0 Å². The van der Waals surface area contributed by atoms with Gasteiger partial charge in [-0.2, -0.15) is 0 Å². The molecule has 1 heterocycles. The Balaban J connectivity index is 1.69. The molecule has 2 heteroatoms. The van der Waals surface area contributed by atoms with E-state index in [9.17, 15) is 0 Å². The van der Waals surface area contributed by atoms with Gasteiger partial charge in [0.25, 0.3) is 0 Å². The second-order valence-corrected chi connectivity index (χ2v) is 4.15. The smallest absolute Gasteiger partial charge is 0.0603 e. The molecular weight excluding hydrogens is 162 g/mol. The third-order valence-corrected chi connectivity index (χ3v) is 3.06. The highest BCUT2D eigenvalue weighted by Gasteiger charge is 2.20. The van der Waals surface area contributed by atoms with Crippen molar-refractivity contribution in [3.05, 3.63) is 6.42 Å². The van der Waals surface area contributed by atoms with Gasteiger partial charge in [-0.15, -0.1) is 0 Å². The molecule has 0 aromatic rings. The van der Waals surface area contributed by atoms with Gasteiger partial charge in [0, 0.05) is 0 Å². The summed E-state index contributed by atoms with van der Waals surface area (Å²) in [7, 11) is 0. The zero-order valence-electron chi connectivity index (χ0n) is 8.30. The number of hydrogen-bond donors (Lipinski definition) is 1. The highest BCUT2D eigenvalue weighted by atomic mass is 16.5. The van der Waals surface area contributed by atoms with Gasteiger partial charge in [0.1, 0.15) is 0 Å². The highest BCUT2D eigenvalue weighted by molar-refractivity contribution is 4.79. The molecule has 0 spiro atoms. The van der Waals surface area contributed by atoms with Gasteiger partial charge in [-0.05, 0) is 58.0 Å². The van der Waals surface area contributed by atoms with Crippen LogP contribution in [-0.2, 0) is 4.74 Å². The Bertz CT molecular complexity index is 121. The molecule has 2 nitrogen and oxygen atoms in total. The van der Waals surface area contributed by atoms with Gasteiger partial charge in [0.15, 0.2) is 0 Å². The third kappa shape index (κ3) is 2.96. The zero-order valence-corrected chi connectivity index (χ0v) is 8.30. The van der Waals surface area contributed by atoms with Crippen LogP contribution in [0, 0.1) is 6.42 Å². The van der Waals surface area contributed by atoms with E-state index in [0.29, 0.717) is 12.2 Å². The van der Waals surface area contributed by atoms with E-state index in [1.165, 1.54) is 38.5 Å². The molecule has 0 unspecified atom stereocenters. The molecule has 75 valence electrons. The van der Waals surface area contributed by atoms with Crippen LogP contribution in [0.3, 0.4) is 0 Å². The normalized spacial score (nSPS) is 27.7. The van der Waals surface area contributed by atoms with Crippen LogP contribution < -0.4 is 5.32 Å². The molecule has 2 aliphatic rings. The third-order valence-electron chi connectivity index (χ3n) is 3.06. The molecule has 1 saturated carbocycles. The molecule has 1 saturated heterocycles. The fourth-order valence-electron chi connectivity index (χ4n) is 2.24. The monoisotopic (exact) mass is 182 g/mol. The maximum absolute atomic E-state index is 6.07. The van der Waals surface area contributed by atoms with Gasteiger partial charge in [-0.3, -0.25) is 0 Å². The second kappa shape index (κ2) is 4.97. The molecule has 1 aliphatic carbocycles. The lowest BCUT2D eigenvalue weighted by molar-refractivity contribution is -0.0380. The summed E-state index contributed by atoms with van der Waals surface area (Å²) in [5.74, 6) is 0. The van der Waals surface area contributed by atoms with E-state index in [2.05, 4.69) is 11.7 Å². The Morgan fingerprint density at radius 1 is 0.923 bits per heavy atom. The first kappa shape index (κ1) is 9.47. The van der Waals surface area contributed by atoms with Gasteiger partial charge < -0.3 is 10.1 Å². The van der Waals surface area contributed by atoms with Crippen LogP contribution >= 0.6 is 0 Å². The average molecular weight is 182 g/mol. The summed E-state index contributed by atoms with van der Waals surface area (Å²) in [6.45, 7) is 2.28. The molecule has 1 radical (unpaired) electrons. The van der Waals surface area contributed by atoms with E-state index < -0.39 is 0 Å². The molecule has 0 amide bonds. The minimum absolute atomic E-state index is 0.546. The predicted octanol–water partition coefficient (Wildman–Crippen LogP) is 1.90. The first-order chi connectivity index (χ1) is 6.45. The molecule has 13 heavy (non-hydrogen) atoms. The number of nitrogens with one attached hydrogen (secondary N) is 1. The average Bonchev–Trinajstić information content (AvgIpc) is 2.21. The lowest BCUT2D eigenvalue weighted by atomic mass is 9.97. The van der Waals surface area contributed by atoms with Crippen LogP contribution in [0.25, 0.3) is 0 Å². The van der Waals surface area contributed by atoms with Crippen LogP contribution in [0.1, 0.15) is 38.5 Å². The molecule has 2 rings (SSSR count). The van der Waals surface area contributed by atoms with Crippen molar-refractivity contribution in [3.63, 3.8) is 0 Å². The van der Waals surface area contributed by atoms with Crippen molar-refractivity contribution in [2.24, 2.45) is 0 Å². The summed E-state index contributed by atoms with van der Waals surface area (Å²) in [6.07, 6.45) is 10.9. The molecule has 0 aromatic carbocycles. The molecule has 0 atom stereocenters. The summed E-state index contributed by atoms with van der Waals surface area (Å²) in [6, 6.07) is 0. The minimum atomic E-state index is 0.546. The Labute approximate surface area is 81.0 Å². The Hall–Kier alpha value is -0.0800. The van der Waals surface area contributed by atoms with Crippen LogP contribution in [0.5, 0.6) is 0 Å².